The molecular weight excluding hydrogens is 490 g/mol. The summed E-state index contributed by atoms with van der Waals surface area (Å²) in [5, 5.41) is 7.43. The normalized spacial score (nSPS) is 14.2. The van der Waals surface area contributed by atoms with Gasteiger partial charge in [0, 0.05) is 32.6 Å². The van der Waals surface area contributed by atoms with E-state index in [9.17, 15) is 8.42 Å². The van der Waals surface area contributed by atoms with Crippen LogP contribution in [0.2, 0.25) is 0 Å². The summed E-state index contributed by atoms with van der Waals surface area (Å²) in [7, 11) is 2.12. The van der Waals surface area contributed by atoms with Crippen LogP contribution in [-0.4, -0.2) is 78.4 Å². The molecule has 196 valence electrons. The Morgan fingerprint density at radius 1 is 1.03 bits per heavy atom. The Labute approximate surface area is 210 Å². The van der Waals surface area contributed by atoms with Crippen LogP contribution in [0.25, 0.3) is 11.5 Å². The first kappa shape index (κ1) is 27.2. The van der Waals surface area contributed by atoms with Gasteiger partial charge in [-0.15, -0.1) is 10.2 Å². The number of anilines is 1. The van der Waals surface area contributed by atoms with Crippen molar-refractivity contribution in [3.05, 3.63) is 36.4 Å². The van der Waals surface area contributed by atoms with Gasteiger partial charge in [0.25, 0.3) is 0 Å². The minimum absolute atomic E-state index is 0.0210. The molecule has 0 aliphatic heterocycles. The van der Waals surface area contributed by atoms with Gasteiger partial charge in [-0.3, -0.25) is 9.29 Å². The number of rotatable bonds is 13. The van der Waals surface area contributed by atoms with Gasteiger partial charge in [0.1, 0.15) is 17.7 Å². The lowest BCUT2D eigenvalue weighted by Gasteiger charge is -2.23. The number of sulfonamides is 1. The molecule has 14 heteroatoms. The molecule has 3 atom stereocenters. The topological polar surface area (TPSA) is 152 Å². The Bertz CT molecular complexity index is 1240. The van der Waals surface area contributed by atoms with E-state index in [4.69, 9.17) is 18.9 Å². The molecule has 3 aromatic rings. The van der Waals surface area contributed by atoms with E-state index in [0.29, 0.717) is 42.0 Å². The van der Waals surface area contributed by atoms with Crippen molar-refractivity contribution >= 4 is 16.0 Å². The number of methoxy groups -OCH3 is 4. The van der Waals surface area contributed by atoms with E-state index in [2.05, 4.69) is 29.9 Å². The molecule has 0 aliphatic rings. The van der Waals surface area contributed by atoms with E-state index in [1.54, 1.807) is 43.7 Å². The number of ether oxygens (including phenoxy) is 4. The number of hydrogen-bond acceptors (Lipinski definition) is 11. The Hall–Kier alpha value is -3.36. The van der Waals surface area contributed by atoms with Gasteiger partial charge in [-0.2, -0.15) is 0 Å². The zero-order valence-electron chi connectivity index (χ0n) is 21.1. The molecule has 0 aromatic carbocycles. The van der Waals surface area contributed by atoms with Crippen LogP contribution in [0.5, 0.6) is 11.6 Å². The van der Waals surface area contributed by atoms with Crippen LogP contribution in [-0.2, 0) is 19.5 Å². The third-order valence-electron chi connectivity index (χ3n) is 5.70. The number of pyridine rings is 1. The SMILES string of the molecule is COCCC(OC)n1c(NS(=O)(=O)[C@@H](C)[C@H](C)c2ncc(OC)cn2)nnc1-c1cccc(OC)n1. The van der Waals surface area contributed by atoms with Crippen molar-refractivity contribution in [2.75, 3.05) is 39.8 Å². The first-order chi connectivity index (χ1) is 17.2. The highest BCUT2D eigenvalue weighted by atomic mass is 32.2. The van der Waals surface area contributed by atoms with Crippen LogP contribution < -0.4 is 14.2 Å². The summed E-state index contributed by atoms with van der Waals surface area (Å²) >= 11 is 0. The number of hydrogen-bond donors (Lipinski definition) is 1. The second-order valence-corrected chi connectivity index (χ2v) is 9.91. The Balaban J connectivity index is 1.97. The predicted molar refractivity (Wildman–Crippen MR) is 131 cm³/mol. The second-order valence-electron chi connectivity index (χ2n) is 7.88. The molecule has 0 fully saturated rings. The lowest BCUT2D eigenvalue weighted by atomic mass is 10.1. The summed E-state index contributed by atoms with van der Waals surface area (Å²) in [6, 6.07) is 5.16. The smallest absolute Gasteiger partial charge is 0.240 e. The van der Waals surface area contributed by atoms with E-state index in [0.717, 1.165) is 0 Å². The van der Waals surface area contributed by atoms with Gasteiger partial charge in [-0.1, -0.05) is 13.0 Å². The molecule has 0 radical (unpaired) electrons. The van der Waals surface area contributed by atoms with Gasteiger partial charge in [-0.05, 0) is 13.0 Å². The average Bonchev–Trinajstić information content (AvgIpc) is 3.30. The van der Waals surface area contributed by atoms with Gasteiger partial charge in [0.05, 0.1) is 38.5 Å². The highest BCUT2D eigenvalue weighted by Crippen LogP contribution is 2.30. The number of nitrogens with zero attached hydrogens (tertiary/aromatic N) is 6. The minimum Gasteiger partial charge on any atom is -0.494 e. The van der Waals surface area contributed by atoms with Crippen LogP contribution in [0.4, 0.5) is 5.95 Å². The lowest BCUT2D eigenvalue weighted by molar-refractivity contribution is 0.0189. The van der Waals surface area contributed by atoms with Crippen molar-refractivity contribution in [1.29, 1.82) is 0 Å². The molecule has 1 N–H and O–H groups in total. The zero-order chi connectivity index (χ0) is 26.3. The molecule has 0 bridgehead atoms. The quantitative estimate of drug-likeness (QED) is 0.352. The maximum absolute atomic E-state index is 13.4. The summed E-state index contributed by atoms with van der Waals surface area (Å²) < 4.78 is 52.0. The van der Waals surface area contributed by atoms with Gasteiger partial charge in [0.2, 0.25) is 21.9 Å². The fourth-order valence-corrected chi connectivity index (χ4v) is 4.64. The van der Waals surface area contributed by atoms with Crippen molar-refractivity contribution in [3.63, 3.8) is 0 Å². The highest BCUT2D eigenvalue weighted by molar-refractivity contribution is 7.93. The number of aromatic nitrogens is 6. The van der Waals surface area contributed by atoms with Crippen molar-refractivity contribution < 1.29 is 27.4 Å². The summed E-state index contributed by atoms with van der Waals surface area (Å²) in [5.74, 6) is 0.966. The number of nitrogens with one attached hydrogen (secondary N) is 1. The maximum atomic E-state index is 13.4. The molecule has 0 saturated heterocycles. The lowest BCUT2D eigenvalue weighted by Crippen LogP contribution is -2.32. The van der Waals surface area contributed by atoms with Crippen molar-refractivity contribution in [2.24, 2.45) is 0 Å². The van der Waals surface area contributed by atoms with E-state index in [1.807, 2.05) is 0 Å². The fourth-order valence-electron chi connectivity index (χ4n) is 3.40. The molecule has 13 nitrogen and oxygen atoms in total. The zero-order valence-corrected chi connectivity index (χ0v) is 21.9. The Morgan fingerprint density at radius 3 is 2.36 bits per heavy atom. The highest BCUT2D eigenvalue weighted by Gasteiger charge is 2.32. The molecule has 0 saturated carbocycles. The molecule has 3 heterocycles. The standard InChI is InChI=1S/C22H31N7O6S/c1-14(20-23-12-16(33-4)13-24-20)15(2)36(30,31)28-22-27-26-21(17-8-7-9-18(25-17)34-5)29(22)19(35-6)10-11-32-3/h7-9,12-15,19H,10-11H2,1-6H3,(H,27,28)/t14-,15-,19?/m0/s1. The third kappa shape index (κ3) is 6.06. The molecule has 3 aromatic heterocycles. The molecule has 0 amide bonds. The largest absolute Gasteiger partial charge is 0.494 e. The third-order valence-corrected chi connectivity index (χ3v) is 7.56. The predicted octanol–water partition coefficient (Wildman–Crippen LogP) is 2.26. The van der Waals surface area contributed by atoms with Crippen molar-refractivity contribution in [1.82, 2.24) is 29.7 Å². The van der Waals surface area contributed by atoms with Crippen molar-refractivity contribution in [3.8, 4) is 23.1 Å². The van der Waals surface area contributed by atoms with Crippen LogP contribution in [0.1, 0.15) is 38.2 Å². The van der Waals surface area contributed by atoms with Gasteiger partial charge < -0.3 is 18.9 Å². The van der Waals surface area contributed by atoms with Crippen LogP contribution in [0.3, 0.4) is 0 Å². The molecule has 0 spiro atoms. The maximum Gasteiger partial charge on any atom is 0.240 e. The molecule has 0 aliphatic carbocycles. The average molecular weight is 522 g/mol. The first-order valence-electron chi connectivity index (χ1n) is 11.1. The molecule has 3 rings (SSSR count). The second kappa shape index (κ2) is 12.1. The summed E-state index contributed by atoms with van der Waals surface area (Å²) in [6.07, 6.45) is 2.75. The van der Waals surface area contributed by atoms with Gasteiger partial charge >= 0.3 is 0 Å². The van der Waals surface area contributed by atoms with E-state index >= 15 is 0 Å². The monoisotopic (exact) mass is 521 g/mol. The summed E-state index contributed by atoms with van der Waals surface area (Å²) in [5.41, 5.74) is 0.430. The first-order valence-corrected chi connectivity index (χ1v) is 12.7. The molecule has 36 heavy (non-hydrogen) atoms. The summed E-state index contributed by atoms with van der Waals surface area (Å²) in [6.45, 7) is 3.67. The van der Waals surface area contributed by atoms with Crippen molar-refractivity contribution in [2.45, 2.75) is 37.7 Å². The van der Waals surface area contributed by atoms with Crippen LogP contribution in [0.15, 0.2) is 30.6 Å². The minimum atomic E-state index is -3.96. The van der Waals surface area contributed by atoms with Gasteiger partial charge in [-0.25, -0.2) is 23.4 Å². The molecular formula is C22H31N7O6S. The van der Waals surface area contributed by atoms with Crippen LogP contribution >= 0.6 is 0 Å². The van der Waals surface area contributed by atoms with E-state index in [-0.39, 0.29) is 5.95 Å². The van der Waals surface area contributed by atoms with Gasteiger partial charge in [0.15, 0.2) is 11.6 Å². The van der Waals surface area contributed by atoms with E-state index in [1.165, 1.54) is 33.7 Å². The summed E-state index contributed by atoms with van der Waals surface area (Å²) in [4.78, 5) is 12.9. The fraction of sp³-hybridized carbons (Fsp3) is 0.500. The Morgan fingerprint density at radius 2 is 1.75 bits per heavy atom. The Kier molecular flexibility index (Phi) is 9.12. The van der Waals surface area contributed by atoms with E-state index < -0.39 is 27.4 Å². The van der Waals surface area contributed by atoms with Crippen LogP contribution in [0, 0.1) is 0 Å². The molecule has 1 unspecified atom stereocenters.